The Morgan fingerprint density at radius 3 is 2.46 bits per heavy atom. The van der Waals surface area contributed by atoms with Crippen molar-refractivity contribution in [3.63, 3.8) is 0 Å². The van der Waals surface area contributed by atoms with Crippen molar-refractivity contribution in [3.05, 3.63) is 40.7 Å². The predicted molar refractivity (Wildman–Crippen MR) is 110 cm³/mol. The second-order valence-electron chi connectivity index (χ2n) is 7.05. The Balaban J connectivity index is 0.00000280. The van der Waals surface area contributed by atoms with Crippen molar-refractivity contribution in [1.29, 1.82) is 0 Å². The highest BCUT2D eigenvalue weighted by atomic mass is 35.5. The lowest BCUT2D eigenvalue weighted by Gasteiger charge is -2.19. The summed E-state index contributed by atoms with van der Waals surface area (Å²) in [5.41, 5.74) is 2.57. The van der Waals surface area contributed by atoms with Crippen molar-refractivity contribution in [2.75, 3.05) is 25.0 Å². The van der Waals surface area contributed by atoms with Crippen LogP contribution in [0.1, 0.15) is 46.1 Å². The fourth-order valence-corrected chi connectivity index (χ4v) is 3.30. The summed E-state index contributed by atoms with van der Waals surface area (Å²) in [6.45, 7) is 5.65. The number of anilines is 1. The molecule has 1 aromatic carbocycles. The minimum Gasteiger partial charge on any atom is -0.343 e. The Morgan fingerprint density at radius 2 is 1.82 bits per heavy atom. The van der Waals surface area contributed by atoms with Crippen LogP contribution in [0.4, 0.5) is 5.95 Å². The minimum absolute atomic E-state index is 0. The lowest BCUT2D eigenvalue weighted by Crippen LogP contribution is -2.33. The summed E-state index contributed by atoms with van der Waals surface area (Å²) >= 11 is 0. The Labute approximate surface area is 170 Å². The smallest absolute Gasteiger partial charge is 0.251 e. The van der Waals surface area contributed by atoms with Crippen LogP contribution < -0.4 is 16.0 Å². The van der Waals surface area contributed by atoms with Gasteiger partial charge in [-0.25, -0.2) is 4.68 Å². The number of hydrogen-bond donors (Lipinski definition) is 3. The minimum atomic E-state index is -0.333. The van der Waals surface area contributed by atoms with Gasteiger partial charge in [0.1, 0.15) is 0 Å². The van der Waals surface area contributed by atoms with Crippen molar-refractivity contribution in [2.24, 2.45) is 7.05 Å². The van der Waals surface area contributed by atoms with E-state index in [4.69, 9.17) is 0 Å². The maximum Gasteiger partial charge on any atom is 0.251 e. The van der Waals surface area contributed by atoms with E-state index in [0.717, 1.165) is 42.9 Å². The van der Waals surface area contributed by atoms with Gasteiger partial charge in [0.05, 0.1) is 6.54 Å². The molecule has 1 aliphatic rings. The molecular weight excluding hydrogens is 380 g/mol. The third-order valence-electron chi connectivity index (χ3n) is 4.63. The molecule has 0 atom stereocenters. The molecule has 0 bridgehead atoms. The van der Waals surface area contributed by atoms with Crippen LogP contribution in [-0.4, -0.2) is 46.2 Å². The molecule has 0 radical (unpaired) electrons. The van der Waals surface area contributed by atoms with E-state index in [1.807, 2.05) is 19.9 Å². The van der Waals surface area contributed by atoms with Gasteiger partial charge in [-0.1, -0.05) is 17.2 Å². The van der Waals surface area contributed by atoms with E-state index >= 15 is 0 Å². The second-order valence-corrected chi connectivity index (χ2v) is 7.05. The van der Waals surface area contributed by atoms with Gasteiger partial charge >= 0.3 is 0 Å². The fourth-order valence-electron chi connectivity index (χ4n) is 3.30. The van der Waals surface area contributed by atoms with Gasteiger partial charge in [0.25, 0.3) is 5.91 Å². The van der Waals surface area contributed by atoms with Gasteiger partial charge in [-0.15, -0.1) is 12.4 Å². The lowest BCUT2D eigenvalue weighted by atomic mass is 9.98. The monoisotopic (exact) mass is 406 g/mol. The first-order valence-electron chi connectivity index (χ1n) is 9.20. The average Bonchev–Trinajstić information content (AvgIpc) is 3.00. The van der Waals surface area contributed by atoms with E-state index in [-0.39, 0.29) is 30.8 Å². The molecule has 9 heteroatoms. The van der Waals surface area contributed by atoms with Crippen LogP contribution in [0.3, 0.4) is 0 Å². The molecule has 152 valence electrons. The zero-order chi connectivity index (χ0) is 19.4. The predicted octanol–water partition coefficient (Wildman–Crippen LogP) is 1.69. The maximum absolute atomic E-state index is 12.3. The quantitative estimate of drug-likeness (QED) is 0.701. The number of rotatable bonds is 5. The topological polar surface area (TPSA) is 101 Å². The van der Waals surface area contributed by atoms with Crippen LogP contribution in [0, 0.1) is 13.8 Å². The van der Waals surface area contributed by atoms with Crippen molar-refractivity contribution < 1.29 is 9.59 Å². The number of amides is 2. The highest BCUT2D eigenvalue weighted by molar-refractivity contribution is 5.99. The summed E-state index contributed by atoms with van der Waals surface area (Å²) in [5.74, 6) is 0.862. The van der Waals surface area contributed by atoms with Crippen molar-refractivity contribution >= 4 is 30.2 Å². The molecule has 3 N–H and O–H groups in total. The van der Waals surface area contributed by atoms with E-state index in [9.17, 15) is 9.59 Å². The summed E-state index contributed by atoms with van der Waals surface area (Å²) in [6.07, 6.45) is 1.98. The zero-order valence-electron chi connectivity index (χ0n) is 16.4. The number of aromatic nitrogens is 3. The van der Waals surface area contributed by atoms with Gasteiger partial charge < -0.3 is 10.6 Å². The number of carbonyl (C=O) groups is 2. The van der Waals surface area contributed by atoms with Crippen molar-refractivity contribution in [1.82, 2.24) is 25.4 Å². The summed E-state index contributed by atoms with van der Waals surface area (Å²) < 4.78 is 1.57. The van der Waals surface area contributed by atoms with Crippen LogP contribution in [0.5, 0.6) is 0 Å². The molecule has 8 nitrogen and oxygen atoms in total. The molecule has 28 heavy (non-hydrogen) atoms. The second kappa shape index (κ2) is 9.66. The van der Waals surface area contributed by atoms with E-state index in [2.05, 4.69) is 26.0 Å². The lowest BCUT2D eigenvalue weighted by molar-refractivity contribution is -0.115. The van der Waals surface area contributed by atoms with Gasteiger partial charge in [0.2, 0.25) is 11.9 Å². The van der Waals surface area contributed by atoms with Gasteiger partial charge in [0, 0.05) is 18.5 Å². The van der Waals surface area contributed by atoms with Gasteiger partial charge in [-0.3, -0.25) is 14.9 Å². The summed E-state index contributed by atoms with van der Waals surface area (Å²) in [4.78, 5) is 28.9. The van der Waals surface area contributed by atoms with Crippen LogP contribution in [0.2, 0.25) is 0 Å². The molecule has 0 spiro atoms. The van der Waals surface area contributed by atoms with E-state index in [0.29, 0.717) is 17.4 Å². The molecule has 1 aromatic heterocycles. The Morgan fingerprint density at radius 1 is 1.18 bits per heavy atom. The van der Waals surface area contributed by atoms with E-state index in [1.165, 1.54) is 0 Å². The number of hydrogen-bond acceptors (Lipinski definition) is 5. The standard InChI is InChI=1S/C19H26N6O2.ClH/c1-12-8-13(2)10-15(9-12)18(27)21-11-16(26)22-19-23-17(24-25(19)3)14-4-6-20-7-5-14;/h8-10,14,20H,4-7,11H2,1-3H3,(H,21,27)(H,22,23,24,26);1H. The number of nitrogens with zero attached hydrogens (tertiary/aromatic N) is 3. The molecule has 1 aliphatic heterocycles. The Hall–Kier alpha value is -2.45. The number of nitrogens with one attached hydrogen (secondary N) is 3. The van der Waals surface area contributed by atoms with Crippen LogP contribution in [0.15, 0.2) is 18.2 Å². The highest BCUT2D eigenvalue weighted by Crippen LogP contribution is 2.23. The van der Waals surface area contributed by atoms with E-state index < -0.39 is 0 Å². The molecule has 1 saturated heterocycles. The van der Waals surface area contributed by atoms with Crippen molar-refractivity contribution in [2.45, 2.75) is 32.6 Å². The van der Waals surface area contributed by atoms with Crippen LogP contribution in [0.25, 0.3) is 0 Å². The third-order valence-corrected chi connectivity index (χ3v) is 4.63. The molecular formula is C19H27ClN6O2. The van der Waals surface area contributed by atoms with E-state index in [1.54, 1.807) is 23.9 Å². The SMILES string of the molecule is Cc1cc(C)cc(C(=O)NCC(=O)Nc2nc(C3CCNCC3)nn2C)c1.Cl. The normalized spacial score (nSPS) is 14.2. The summed E-state index contributed by atoms with van der Waals surface area (Å²) in [7, 11) is 1.75. The molecule has 0 saturated carbocycles. The Kier molecular flexibility index (Phi) is 7.53. The first-order chi connectivity index (χ1) is 12.9. The molecule has 1 fully saturated rings. The number of benzene rings is 1. The van der Waals surface area contributed by atoms with Gasteiger partial charge in [0.15, 0.2) is 5.82 Å². The number of aryl methyl sites for hydroxylation is 3. The van der Waals surface area contributed by atoms with Crippen LogP contribution >= 0.6 is 12.4 Å². The van der Waals surface area contributed by atoms with Gasteiger partial charge in [-0.05, 0) is 51.9 Å². The number of carbonyl (C=O) groups excluding carboxylic acids is 2. The molecule has 0 unspecified atom stereocenters. The van der Waals surface area contributed by atoms with Crippen LogP contribution in [-0.2, 0) is 11.8 Å². The fraction of sp³-hybridized carbons (Fsp3) is 0.474. The highest BCUT2D eigenvalue weighted by Gasteiger charge is 2.21. The summed E-state index contributed by atoms with van der Waals surface area (Å²) in [6, 6.07) is 5.60. The number of halogens is 1. The molecule has 3 rings (SSSR count). The maximum atomic E-state index is 12.3. The molecule has 2 aromatic rings. The molecule has 0 aliphatic carbocycles. The van der Waals surface area contributed by atoms with Gasteiger partial charge in [-0.2, -0.15) is 10.1 Å². The first kappa shape index (κ1) is 21.8. The third kappa shape index (κ3) is 5.53. The Bertz CT molecular complexity index is 825. The molecule has 2 amide bonds. The zero-order valence-corrected chi connectivity index (χ0v) is 17.2. The average molecular weight is 407 g/mol. The molecule has 2 heterocycles. The first-order valence-corrected chi connectivity index (χ1v) is 9.20. The largest absolute Gasteiger partial charge is 0.343 e. The summed E-state index contributed by atoms with van der Waals surface area (Å²) in [5, 5.41) is 13.1. The van der Waals surface area contributed by atoms with Crippen molar-refractivity contribution in [3.8, 4) is 0 Å². The number of piperidine rings is 1.